The molecule has 0 saturated heterocycles. The van der Waals surface area contributed by atoms with E-state index < -0.39 is 0 Å². The van der Waals surface area contributed by atoms with Crippen molar-refractivity contribution in [1.82, 2.24) is 0 Å². The van der Waals surface area contributed by atoms with Gasteiger partial charge < -0.3 is 4.90 Å². The van der Waals surface area contributed by atoms with Gasteiger partial charge in [0.2, 0.25) is 0 Å². The smallest absolute Gasteiger partial charge is 0.123 e. The molecule has 6 aromatic carbocycles. The summed E-state index contributed by atoms with van der Waals surface area (Å²) in [5.74, 6) is -0.589. The van der Waals surface area contributed by atoms with Gasteiger partial charge in [0.15, 0.2) is 0 Å². The number of benzene rings is 6. The van der Waals surface area contributed by atoms with Crippen LogP contribution in [0.5, 0.6) is 0 Å². The van der Waals surface area contributed by atoms with Gasteiger partial charge in [-0.3, -0.25) is 0 Å². The molecule has 0 N–H and O–H groups in total. The van der Waals surface area contributed by atoms with Crippen molar-refractivity contribution in [3.63, 3.8) is 0 Å². The van der Waals surface area contributed by atoms with Crippen molar-refractivity contribution >= 4 is 38.6 Å². The molecule has 0 bridgehead atoms. The Kier molecular flexibility index (Phi) is 4.93. The number of hydrogen-bond acceptors (Lipinski definition) is 1. The fourth-order valence-electron chi connectivity index (χ4n) is 6.24. The first-order chi connectivity index (χ1) is 18.4. The lowest BCUT2D eigenvalue weighted by molar-refractivity contribution is 0.628. The highest BCUT2D eigenvalue weighted by Crippen LogP contribution is 2.55. The van der Waals surface area contributed by atoms with Crippen LogP contribution < -0.4 is 4.90 Å². The van der Waals surface area contributed by atoms with Crippen molar-refractivity contribution in [3.8, 4) is 11.1 Å². The summed E-state index contributed by atoms with van der Waals surface area (Å²) in [6.07, 6.45) is 0. The quantitative estimate of drug-likeness (QED) is 0.220. The van der Waals surface area contributed by atoms with Crippen molar-refractivity contribution in [2.75, 3.05) is 4.90 Å². The predicted molar refractivity (Wildman–Crippen MR) is 154 cm³/mol. The van der Waals surface area contributed by atoms with Gasteiger partial charge >= 0.3 is 0 Å². The molecule has 184 valence electrons. The summed E-state index contributed by atoms with van der Waals surface area (Å²) in [6, 6.07) is 36.7. The molecule has 0 aliphatic heterocycles. The molecule has 1 aliphatic carbocycles. The predicted octanol–water partition coefficient (Wildman–Crippen LogP) is 10.0. The van der Waals surface area contributed by atoms with E-state index in [0.29, 0.717) is 0 Å². The van der Waals surface area contributed by atoms with E-state index in [-0.39, 0.29) is 17.0 Å². The van der Waals surface area contributed by atoms with E-state index in [1.807, 2.05) is 0 Å². The molecular weight excluding hydrogens is 472 g/mol. The second-order valence-electron chi connectivity index (χ2n) is 10.5. The van der Waals surface area contributed by atoms with Crippen LogP contribution in [-0.4, -0.2) is 0 Å². The molecule has 0 amide bonds. The molecule has 0 atom stereocenters. The highest BCUT2D eigenvalue weighted by Gasteiger charge is 2.38. The van der Waals surface area contributed by atoms with E-state index in [9.17, 15) is 8.78 Å². The summed E-state index contributed by atoms with van der Waals surface area (Å²) in [6.45, 7) is 4.59. The molecule has 0 saturated carbocycles. The Morgan fingerprint density at radius 2 is 1.00 bits per heavy atom. The number of anilines is 3. The third kappa shape index (κ3) is 3.28. The standard InChI is InChI=1S/C35H25F2N/c1-35(2)32-21-26(38(24-15-11-22(36)12-16-24)25-17-13-23(37)14-18-25)19-20-31(32)33-29-9-5-3-7-27(29)28-8-4-6-10-30(28)34(33)35/h3-21H,1-2H3. The minimum atomic E-state index is -0.294. The first kappa shape index (κ1) is 22.7. The monoisotopic (exact) mass is 497 g/mol. The van der Waals surface area contributed by atoms with Gasteiger partial charge in [-0.05, 0) is 104 Å². The highest BCUT2D eigenvalue weighted by molar-refractivity contribution is 6.18. The summed E-state index contributed by atoms with van der Waals surface area (Å²) in [4.78, 5) is 2.05. The van der Waals surface area contributed by atoms with Crippen LogP contribution in [0.2, 0.25) is 0 Å². The van der Waals surface area contributed by atoms with Gasteiger partial charge in [0.05, 0.1) is 0 Å². The minimum absolute atomic E-state index is 0.248. The molecule has 7 rings (SSSR count). The van der Waals surface area contributed by atoms with Gasteiger partial charge in [-0.2, -0.15) is 0 Å². The number of fused-ring (bicyclic) bond motifs is 8. The first-order valence-corrected chi connectivity index (χ1v) is 12.8. The molecule has 6 aromatic rings. The second-order valence-corrected chi connectivity index (χ2v) is 10.5. The zero-order valence-electron chi connectivity index (χ0n) is 21.2. The highest BCUT2D eigenvalue weighted by atomic mass is 19.1. The lowest BCUT2D eigenvalue weighted by Crippen LogP contribution is -2.17. The molecular formula is C35H25F2N. The Morgan fingerprint density at radius 1 is 0.526 bits per heavy atom. The molecule has 0 spiro atoms. The van der Waals surface area contributed by atoms with Gasteiger partial charge in [0, 0.05) is 22.5 Å². The van der Waals surface area contributed by atoms with Crippen LogP contribution in [0.25, 0.3) is 32.7 Å². The van der Waals surface area contributed by atoms with Crippen LogP contribution >= 0.6 is 0 Å². The lowest BCUT2D eigenvalue weighted by Gasteiger charge is -2.28. The van der Waals surface area contributed by atoms with Gasteiger partial charge in [0.1, 0.15) is 11.6 Å². The van der Waals surface area contributed by atoms with Crippen LogP contribution in [-0.2, 0) is 5.41 Å². The van der Waals surface area contributed by atoms with E-state index in [0.717, 1.165) is 17.1 Å². The SMILES string of the molecule is CC1(C)c2cc(N(c3ccc(F)cc3)c3ccc(F)cc3)ccc2-c2c1c1ccccc1c1ccccc21. The summed E-state index contributed by atoms with van der Waals surface area (Å²) in [5.41, 5.74) is 7.41. The van der Waals surface area contributed by atoms with Crippen LogP contribution in [0.4, 0.5) is 25.8 Å². The maximum atomic E-state index is 13.8. The molecule has 0 radical (unpaired) electrons. The summed E-state index contributed by atoms with van der Waals surface area (Å²) >= 11 is 0. The van der Waals surface area contributed by atoms with E-state index in [2.05, 4.69) is 85.5 Å². The Bertz CT molecular complexity index is 1810. The van der Waals surface area contributed by atoms with Crippen molar-refractivity contribution in [1.29, 1.82) is 0 Å². The van der Waals surface area contributed by atoms with Gasteiger partial charge in [0.25, 0.3) is 0 Å². The summed E-state index contributed by atoms with van der Waals surface area (Å²) in [7, 11) is 0. The maximum Gasteiger partial charge on any atom is 0.123 e. The fraction of sp³-hybridized carbons (Fsp3) is 0.0857. The Labute approximate surface area is 220 Å². The minimum Gasteiger partial charge on any atom is -0.310 e. The van der Waals surface area contributed by atoms with Crippen LogP contribution in [0.15, 0.2) is 115 Å². The van der Waals surface area contributed by atoms with Gasteiger partial charge in [-0.1, -0.05) is 68.4 Å². The zero-order valence-corrected chi connectivity index (χ0v) is 21.2. The third-order valence-electron chi connectivity index (χ3n) is 7.93. The molecule has 0 heterocycles. The third-order valence-corrected chi connectivity index (χ3v) is 7.93. The van der Waals surface area contributed by atoms with Crippen molar-refractivity contribution in [3.05, 3.63) is 138 Å². The molecule has 1 aliphatic rings. The average molecular weight is 498 g/mol. The van der Waals surface area contributed by atoms with E-state index in [1.165, 1.54) is 68.1 Å². The van der Waals surface area contributed by atoms with Crippen LogP contribution in [0, 0.1) is 11.6 Å². The first-order valence-electron chi connectivity index (χ1n) is 12.8. The van der Waals surface area contributed by atoms with Crippen molar-refractivity contribution < 1.29 is 8.78 Å². The number of nitrogens with zero attached hydrogens (tertiary/aromatic N) is 1. The second kappa shape index (κ2) is 8.26. The largest absolute Gasteiger partial charge is 0.310 e. The normalized spacial score (nSPS) is 13.5. The molecule has 3 heteroatoms. The Balaban J connectivity index is 1.49. The van der Waals surface area contributed by atoms with Crippen molar-refractivity contribution in [2.24, 2.45) is 0 Å². The Hall–Kier alpha value is -4.50. The molecule has 1 nitrogen and oxygen atoms in total. The van der Waals surface area contributed by atoms with Gasteiger partial charge in [-0.25, -0.2) is 8.78 Å². The Morgan fingerprint density at radius 3 is 1.58 bits per heavy atom. The zero-order chi connectivity index (χ0) is 26.0. The maximum absolute atomic E-state index is 13.8. The van der Waals surface area contributed by atoms with E-state index in [4.69, 9.17) is 0 Å². The lowest BCUT2D eigenvalue weighted by atomic mass is 9.79. The number of hydrogen-bond donors (Lipinski definition) is 0. The van der Waals surface area contributed by atoms with Crippen LogP contribution in [0.1, 0.15) is 25.0 Å². The summed E-state index contributed by atoms with van der Waals surface area (Å²) in [5, 5.41) is 5.06. The topological polar surface area (TPSA) is 3.24 Å². The fourth-order valence-corrected chi connectivity index (χ4v) is 6.24. The van der Waals surface area contributed by atoms with Crippen LogP contribution in [0.3, 0.4) is 0 Å². The number of rotatable bonds is 3. The molecule has 0 aromatic heterocycles. The van der Waals surface area contributed by atoms with Crippen molar-refractivity contribution in [2.45, 2.75) is 19.3 Å². The molecule has 0 fully saturated rings. The van der Waals surface area contributed by atoms with E-state index >= 15 is 0 Å². The average Bonchev–Trinajstić information content (AvgIpc) is 3.18. The van der Waals surface area contributed by atoms with Gasteiger partial charge in [-0.15, -0.1) is 0 Å². The number of halogens is 2. The van der Waals surface area contributed by atoms with E-state index in [1.54, 1.807) is 24.3 Å². The summed E-state index contributed by atoms with van der Waals surface area (Å²) < 4.78 is 27.7. The molecule has 38 heavy (non-hydrogen) atoms. The molecule has 0 unspecified atom stereocenters.